The number of nitrogens with one attached hydrogen (secondary N) is 1. The van der Waals surface area contributed by atoms with E-state index in [1.54, 1.807) is 19.9 Å². The van der Waals surface area contributed by atoms with Crippen LogP contribution in [0.3, 0.4) is 0 Å². The first-order chi connectivity index (χ1) is 10.4. The number of rotatable bonds is 5. The molecule has 9 heteroatoms. The summed E-state index contributed by atoms with van der Waals surface area (Å²) in [5, 5.41) is 25.7. The Morgan fingerprint density at radius 2 is 1.95 bits per heavy atom. The highest BCUT2D eigenvalue weighted by atomic mass is 16.6. The smallest absolute Gasteiger partial charge is 0.301 e. The van der Waals surface area contributed by atoms with Crippen molar-refractivity contribution in [2.75, 3.05) is 5.43 Å². The second-order valence-electron chi connectivity index (χ2n) is 4.42. The fourth-order valence-corrected chi connectivity index (χ4v) is 1.84. The summed E-state index contributed by atoms with van der Waals surface area (Å²) >= 11 is 0. The molecule has 1 N–H and O–H groups in total. The number of hydrogen-bond acceptors (Lipinski definition) is 7. The summed E-state index contributed by atoms with van der Waals surface area (Å²) in [7, 11) is 0. The van der Waals surface area contributed by atoms with Crippen molar-refractivity contribution in [1.29, 1.82) is 0 Å². The Morgan fingerprint density at radius 3 is 2.50 bits per heavy atom. The molecule has 1 heterocycles. The number of hydrazone groups is 1. The van der Waals surface area contributed by atoms with E-state index in [0.29, 0.717) is 11.5 Å². The lowest BCUT2D eigenvalue weighted by Gasteiger charge is -2.04. The van der Waals surface area contributed by atoms with E-state index >= 15 is 0 Å². The number of nitro groups is 2. The fourth-order valence-electron chi connectivity index (χ4n) is 1.84. The normalized spacial score (nSPS) is 11.3. The minimum absolute atomic E-state index is 0.0658. The largest absolute Gasteiger partial charge is 0.469 e. The van der Waals surface area contributed by atoms with Gasteiger partial charge in [0.15, 0.2) is 0 Å². The van der Waals surface area contributed by atoms with E-state index in [9.17, 15) is 20.2 Å². The standard InChI is InChI=1S/C13H12N4O5/c1-8(11-5-6-22-9(11)2)14-15-12-4-3-10(16(18)19)7-13(12)17(20)21/h3-7,15H,1-2H3. The van der Waals surface area contributed by atoms with Crippen LogP contribution in [0, 0.1) is 27.2 Å². The number of hydrogen-bond donors (Lipinski definition) is 1. The molecule has 0 saturated heterocycles. The van der Waals surface area contributed by atoms with Crippen LogP contribution < -0.4 is 5.43 Å². The SMILES string of the molecule is CC(=NNc1ccc([N+](=O)[O-])cc1[N+](=O)[O-])c1ccoc1C. The Morgan fingerprint density at radius 1 is 1.23 bits per heavy atom. The molecule has 0 aliphatic carbocycles. The van der Waals surface area contributed by atoms with E-state index in [1.807, 2.05) is 0 Å². The van der Waals surface area contributed by atoms with E-state index in [-0.39, 0.29) is 11.4 Å². The van der Waals surface area contributed by atoms with E-state index in [1.165, 1.54) is 18.4 Å². The number of anilines is 1. The van der Waals surface area contributed by atoms with Crippen LogP contribution in [0.15, 0.2) is 40.0 Å². The van der Waals surface area contributed by atoms with Crippen LogP contribution in [-0.4, -0.2) is 15.6 Å². The molecule has 9 nitrogen and oxygen atoms in total. The molecule has 0 radical (unpaired) electrons. The van der Waals surface area contributed by atoms with E-state index in [0.717, 1.165) is 11.6 Å². The van der Waals surface area contributed by atoms with E-state index < -0.39 is 15.5 Å². The zero-order valence-corrected chi connectivity index (χ0v) is 11.8. The Kier molecular flexibility index (Phi) is 4.16. The summed E-state index contributed by atoms with van der Waals surface area (Å²) < 4.78 is 5.15. The maximum atomic E-state index is 11.0. The molecule has 0 aliphatic rings. The molecule has 2 aromatic rings. The van der Waals surface area contributed by atoms with Gasteiger partial charge in [-0.15, -0.1) is 0 Å². The van der Waals surface area contributed by atoms with Crippen molar-refractivity contribution in [3.63, 3.8) is 0 Å². The van der Waals surface area contributed by atoms with Gasteiger partial charge in [-0.1, -0.05) is 0 Å². The monoisotopic (exact) mass is 304 g/mol. The minimum atomic E-state index is -0.705. The van der Waals surface area contributed by atoms with Crippen LogP contribution in [0.4, 0.5) is 17.1 Å². The van der Waals surface area contributed by atoms with Gasteiger partial charge in [-0.25, -0.2) is 0 Å². The van der Waals surface area contributed by atoms with Gasteiger partial charge >= 0.3 is 5.69 Å². The first kappa shape index (κ1) is 15.2. The quantitative estimate of drug-likeness (QED) is 0.513. The van der Waals surface area contributed by atoms with Crippen molar-refractivity contribution in [2.45, 2.75) is 13.8 Å². The number of non-ortho nitro benzene ring substituents is 1. The molecule has 1 aromatic carbocycles. The molecule has 0 atom stereocenters. The summed E-state index contributed by atoms with van der Waals surface area (Å²) in [6.07, 6.45) is 1.51. The average Bonchev–Trinajstić information content (AvgIpc) is 2.90. The topological polar surface area (TPSA) is 124 Å². The highest BCUT2D eigenvalue weighted by molar-refractivity contribution is 5.99. The Labute approximate surface area is 124 Å². The summed E-state index contributed by atoms with van der Waals surface area (Å²) in [6.45, 7) is 3.48. The second-order valence-corrected chi connectivity index (χ2v) is 4.42. The zero-order chi connectivity index (χ0) is 16.3. The molecule has 0 spiro atoms. The Bertz CT molecular complexity index is 766. The predicted molar refractivity (Wildman–Crippen MR) is 79.0 cm³/mol. The van der Waals surface area contributed by atoms with Crippen molar-refractivity contribution in [2.24, 2.45) is 5.10 Å². The molecule has 2 rings (SSSR count). The van der Waals surface area contributed by atoms with Crippen molar-refractivity contribution in [1.82, 2.24) is 0 Å². The first-order valence-electron chi connectivity index (χ1n) is 6.17. The third-order valence-corrected chi connectivity index (χ3v) is 2.98. The predicted octanol–water partition coefficient (Wildman–Crippen LogP) is 3.24. The number of furan rings is 1. The first-order valence-corrected chi connectivity index (χ1v) is 6.17. The number of aryl methyl sites for hydroxylation is 1. The molecule has 0 unspecified atom stereocenters. The van der Waals surface area contributed by atoms with Crippen LogP contribution >= 0.6 is 0 Å². The summed E-state index contributed by atoms with van der Waals surface area (Å²) in [5.41, 5.74) is 3.17. The van der Waals surface area contributed by atoms with Gasteiger partial charge in [0, 0.05) is 11.6 Å². The van der Waals surface area contributed by atoms with Crippen LogP contribution in [0.2, 0.25) is 0 Å². The van der Waals surface area contributed by atoms with Crippen LogP contribution in [0.5, 0.6) is 0 Å². The molecule has 0 fully saturated rings. The summed E-state index contributed by atoms with van der Waals surface area (Å²) in [4.78, 5) is 20.3. The van der Waals surface area contributed by atoms with Gasteiger partial charge in [-0.2, -0.15) is 5.10 Å². The number of nitrogens with zero attached hydrogens (tertiary/aromatic N) is 3. The lowest BCUT2D eigenvalue weighted by atomic mass is 10.2. The van der Waals surface area contributed by atoms with E-state index in [4.69, 9.17) is 4.42 Å². The highest BCUT2D eigenvalue weighted by Crippen LogP contribution is 2.29. The third kappa shape index (κ3) is 3.08. The molecule has 22 heavy (non-hydrogen) atoms. The number of benzene rings is 1. The zero-order valence-electron chi connectivity index (χ0n) is 11.8. The molecule has 0 amide bonds. The third-order valence-electron chi connectivity index (χ3n) is 2.98. The van der Waals surface area contributed by atoms with Crippen molar-refractivity contribution >= 4 is 22.8 Å². The molecule has 0 bridgehead atoms. The highest BCUT2D eigenvalue weighted by Gasteiger charge is 2.19. The van der Waals surface area contributed by atoms with Gasteiger partial charge in [0.25, 0.3) is 5.69 Å². The molecule has 1 aromatic heterocycles. The van der Waals surface area contributed by atoms with Gasteiger partial charge in [-0.3, -0.25) is 25.7 Å². The molecule has 114 valence electrons. The summed E-state index contributed by atoms with van der Waals surface area (Å²) in [6, 6.07) is 5.02. The van der Waals surface area contributed by atoms with Crippen molar-refractivity contribution in [3.05, 3.63) is 62.1 Å². The summed E-state index contributed by atoms with van der Waals surface area (Å²) in [5.74, 6) is 0.668. The van der Waals surface area contributed by atoms with E-state index in [2.05, 4.69) is 10.5 Å². The van der Waals surface area contributed by atoms with Gasteiger partial charge in [0.05, 0.1) is 27.9 Å². The van der Waals surface area contributed by atoms with Crippen LogP contribution in [0.1, 0.15) is 18.2 Å². The van der Waals surface area contributed by atoms with Crippen LogP contribution in [-0.2, 0) is 0 Å². The van der Waals surface area contributed by atoms with Gasteiger partial charge < -0.3 is 4.42 Å². The van der Waals surface area contributed by atoms with Crippen molar-refractivity contribution < 1.29 is 14.3 Å². The fraction of sp³-hybridized carbons (Fsp3) is 0.154. The lowest BCUT2D eigenvalue weighted by molar-refractivity contribution is -0.393. The molecule has 0 aliphatic heterocycles. The molecule has 0 saturated carbocycles. The maximum absolute atomic E-state index is 11.0. The Hall–Kier alpha value is -3.23. The molecular formula is C13H12N4O5. The van der Waals surface area contributed by atoms with Gasteiger partial charge in [0.2, 0.25) is 0 Å². The second kappa shape index (κ2) is 6.04. The maximum Gasteiger partial charge on any atom is 0.301 e. The van der Waals surface area contributed by atoms with Crippen molar-refractivity contribution in [3.8, 4) is 0 Å². The number of nitro benzene ring substituents is 2. The molecular weight excluding hydrogens is 292 g/mol. The average molecular weight is 304 g/mol. The van der Waals surface area contributed by atoms with Gasteiger partial charge in [0.1, 0.15) is 11.4 Å². The van der Waals surface area contributed by atoms with Gasteiger partial charge in [-0.05, 0) is 26.0 Å². The lowest BCUT2D eigenvalue weighted by Crippen LogP contribution is -2.02. The Balaban J connectivity index is 2.31. The minimum Gasteiger partial charge on any atom is -0.469 e. The van der Waals surface area contributed by atoms with Crippen LogP contribution in [0.25, 0.3) is 0 Å².